The monoisotopic (exact) mass is 252 g/mol. The van der Waals surface area contributed by atoms with Crippen molar-refractivity contribution < 1.29 is 0 Å². The van der Waals surface area contributed by atoms with Gasteiger partial charge in [-0.1, -0.05) is 18.2 Å². The number of nitriles is 1. The van der Waals surface area contributed by atoms with Crippen LogP contribution in [0.25, 0.3) is 0 Å². The van der Waals surface area contributed by atoms with Gasteiger partial charge in [0.1, 0.15) is 6.07 Å². The molecule has 0 radical (unpaired) electrons. The Kier molecular flexibility index (Phi) is 3.67. The molecule has 19 heavy (non-hydrogen) atoms. The van der Waals surface area contributed by atoms with E-state index in [2.05, 4.69) is 11.1 Å². The third kappa shape index (κ3) is 2.36. The minimum Gasteiger partial charge on any atom is -0.395 e. The van der Waals surface area contributed by atoms with Gasteiger partial charge in [-0.25, -0.2) is 4.98 Å². The van der Waals surface area contributed by atoms with Gasteiger partial charge in [-0.15, -0.1) is 0 Å². The Hall–Kier alpha value is -2.54. The number of benzene rings is 1. The second kappa shape index (κ2) is 5.40. The molecule has 0 saturated carbocycles. The molecule has 0 spiro atoms. The summed E-state index contributed by atoms with van der Waals surface area (Å²) in [6, 6.07) is 11.8. The number of nitrogens with zero attached hydrogens (tertiary/aromatic N) is 3. The molecule has 0 saturated heterocycles. The van der Waals surface area contributed by atoms with Gasteiger partial charge in [-0.05, 0) is 31.5 Å². The van der Waals surface area contributed by atoms with Crippen molar-refractivity contribution in [3.63, 3.8) is 0 Å². The first kappa shape index (κ1) is 12.9. The zero-order valence-electron chi connectivity index (χ0n) is 11.1. The second-order valence-corrected chi connectivity index (χ2v) is 4.24. The van der Waals surface area contributed by atoms with Crippen LogP contribution in [0.5, 0.6) is 0 Å². The van der Waals surface area contributed by atoms with Crippen LogP contribution in [0.2, 0.25) is 0 Å². The second-order valence-electron chi connectivity index (χ2n) is 4.24. The van der Waals surface area contributed by atoms with E-state index in [1.54, 1.807) is 12.3 Å². The molecule has 2 N–H and O–H groups in total. The first-order valence-corrected chi connectivity index (χ1v) is 6.16. The Bertz CT molecular complexity index is 628. The van der Waals surface area contributed by atoms with Crippen LogP contribution < -0.4 is 10.6 Å². The maximum Gasteiger partial charge on any atom is 0.157 e. The summed E-state index contributed by atoms with van der Waals surface area (Å²) in [6.07, 6.45) is 1.62. The number of anilines is 3. The highest BCUT2D eigenvalue weighted by Crippen LogP contribution is 2.31. The SMILES string of the molecule is CCN(c1ccccc1C)c1nccc(C#N)c1N. The first-order valence-electron chi connectivity index (χ1n) is 6.16. The van der Waals surface area contributed by atoms with E-state index >= 15 is 0 Å². The van der Waals surface area contributed by atoms with Gasteiger partial charge in [0.25, 0.3) is 0 Å². The summed E-state index contributed by atoms with van der Waals surface area (Å²) < 4.78 is 0. The molecule has 0 amide bonds. The molecule has 0 aliphatic heterocycles. The summed E-state index contributed by atoms with van der Waals surface area (Å²) in [5.41, 5.74) is 9.11. The third-order valence-electron chi connectivity index (χ3n) is 3.07. The van der Waals surface area contributed by atoms with Crippen molar-refractivity contribution in [2.24, 2.45) is 0 Å². The molecule has 0 fully saturated rings. The standard InChI is InChI=1S/C15H16N4/c1-3-19(13-7-5-4-6-11(13)2)15-14(17)12(10-16)8-9-18-15/h4-9H,3,17H2,1-2H3. The highest BCUT2D eigenvalue weighted by molar-refractivity contribution is 5.76. The lowest BCUT2D eigenvalue weighted by molar-refractivity contribution is 0.984. The topological polar surface area (TPSA) is 65.9 Å². The number of nitrogen functional groups attached to an aromatic ring is 1. The zero-order chi connectivity index (χ0) is 13.8. The minimum atomic E-state index is 0.426. The summed E-state index contributed by atoms with van der Waals surface area (Å²) >= 11 is 0. The van der Waals surface area contributed by atoms with E-state index in [4.69, 9.17) is 11.0 Å². The lowest BCUT2D eigenvalue weighted by Crippen LogP contribution is -2.20. The molecule has 2 aromatic rings. The Morgan fingerprint density at radius 3 is 2.68 bits per heavy atom. The predicted octanol–water partition coefficient (Wildman–Crippen LogP) is 3.00. The van der Waals surface area contributed by atoms with Crippen molar-refractivity contribution >= 4 is 17.2 Å². The van der Waals surface area contributed by atoms with Crippen LogP contribution in [0.1, 0.15) is 18.1 Å². The van der Waals surface area contributed by atoms with Crippen LogP contribution in [-0.2, 0) is 0 Å². The number of para-hydroxylation sites is 1. The fourth-order valence-corrected chi connectivity index (χ4v) is 2.08. The van der Waals surface area contributed by atoms with Crippen LogP contribution in [0.4, 0.5) is 17.2 Å². The van der Waals surface area contributed by atoms with Crippen molar-refractivity contribution in [2.45, 2.75) is 13.8 Å². The Labute approximate surface area is 113 Å². The van der Waals surface area contributed by atoms with Crippen LogP contribution in [0.3, 0.4) is 0 Å². The average Bonchev–Trinajstić information content (AvgIpc) is 2.43. The third-order valence-corrected chi connectivity index (χ3v) is 3.07. The predicted molar refractivity (Wildman–Crippen MR) is 77.2 cm³/mol. The van der Waals surface area contributed by atoms with Crippen LogP contribution >= 0.6 is 0 Å². The number of aromatic nitrogens is 1. The van der Waals surface area contributed by atoms with E-state index in [0.717, 1.165) is 17.8 Å². The van der Waals surface area contributed by atoms with Gasteiger partial charge in [0.15, 0.2) is 5.82 Å². The number of hydrogen-bond acceptors (Lipinski definition) is 4. The van der Waals surface area contributed by atoms with Gasteiger partial charge in [0, 0.05) is 18.4 Å². The van der Waals surface area contributed by atoms with Crippen molar-refractivity contribution in [1.82, 2.24) is 4.98 Å². The average molecular weight is 252 g/mol. The molecular formula is C15H16N4. The van der Waals surface area contributed by atoms with Crippen LogP contribution in [-0.4, -0.2) is 11.5 Å². The van der Waals surface area contributed by atoms with E-state index in [9.17, 15) is 0 Å². The van der Waals surface area contributed by atoms with Crippen molar-refractivity contribution in [3.8, 4) is 6.07 Å². The molecular weight excluding hydrogens is 236 g/mol. The van der Waals surface area contributed by atoms with E-state index < -0.39 is 0 Å². The molecule has 0 aliphatic carbocycles. The molecule has 1 heterocycles. The number of nitrogens with two attached hydrogens (primary N) is 1. The molecule has 1 aromatic carbocycles. The molecule has 4 nitrogen and oxygen atoms in total. The smallest absolute Gasteiger partial charge is 0.157 e. The number of aryl methyl sites for hydroxylation is 1. The Morgan fingerprint density at radius 2 is 2.05 bits per heavy atom. The van der Waals surface area contributed by atoms with Gasteiger partial charge in [0.05, 0.1) is 11.3 Å². The Morgan fingerprint density at radius 1 is 1.32 bits per heavy atom. The van der Waals surface area contributed by atoms with E-state index in [1.165, 1.54) is 0 Å². The minimum absolute atomic E-state index is 0.426. The first-order chi connectivity index (χ1) is 9.19. The molecule has 2 rings (SSSR count). The molecule has 0 aliphatic rings. The molecule has 4 heteroatoms. The number of pyridine rings is 1. The van der Waals surface area contributed by atoms with Gasteiger partial charge in [0.2, 0.25) is 0 Å². The van der Waals surface area contributed by atoms with E-state index in [0.29, 0.717) is 17.1 Å². The molecule has 0 bridgehead atoms. The molecule has 0 unspecified atom stereocenters. The maximum atomic E-state index is 9.05. The Balaban J connectivity index is 2.56. The summed E-state index contributed by atoms with van der Waals surface area (Å²) in [6.45, 7) is 4.81. The van der Waals surface area contributed by atoms with Crippen LogP contribution in [0, 0.1) is 18.3 Å². The van der Waals surface area contributed by atoms with Gasteiger partial charge in [-0.2, -0.15) is 5.26 Å². The largest absolute Gasteiger partial charge is 0.395 e. The fraction of sp³-hybridized carbons (Fsp3) is 0.200. The summed E-state index contributed by atoms with van der Waals surface area (Å²) in [5, 5.41) is 9.05. The molecule has 1 aromatic heterocycles. The van der Waals surface area contributed by atoms with E-state index in [-0.39, 0.29) is 0 Å². The highest BCUT2D eigenvalue weighted by atomic mass is 15.2. The lowest BCUT2D eigenvalue weighted by Gasteiger charge is -2.25. The number of hydrogen-bond donors (Lipinski definition) is 1. The fourth-order valence-electron chi connectivity index (χ4n) is 2.08. The summed E-state index contributed by atoms with van der Waals surface area (Å²) in [5.74, 6) is 0.635. The molecule has 0 atom stereocenters. The number of rotatable bonds is 3. The van der Waals surface area contributed by atoms with Gasteiger partial charge < -0.3 is 10.6 Å². The highest BCUT2D eigenvalue weighted by Gasteiger charge is 2.15. The maximum absolute atomic E-state index is 9.05. The van der Waals surface area contributed by atoms with Crippen LogP contribution in [0.15, 0.2) is 36.5 Å². The van der Waals surface area contributed by atoms with E-state index in [1.807, 2.05) is 43.0 Å². The summed E-state index contributed by atoms with van der Waals surface area (Å²) in [4.78, 5) is 6.34. The van der Waals surface area contributed by atoms with Crippen molar-refractivity contribution in [1.29, 1.82) is 5.26 Å². The van der Waals surface area contributed by atoms with Gasteiger partial charge >= 0.3 is 0 Å². The van der Waals surface area contributed by atoms with Crippen molar-refractivity contribution in [3.05, 3.63) is 47.7 Å². The quantitative estimate of drug-likeness (QED) is 0.911. The lowest BCUT2D eigenvalue weighted by atomic mass is 10.1. The normalized spacial score (nSPS) is 9.95. The molecule has 96 valence electrons. The zero-order valence-corrected chi connectivity index (χ0v) is 11.1. The van der Waals surface area contributed by atoms with Gasteiger partial charge in [-0.3, -0.25) is 0 Å². The summed E-state index contributed by atoms with van der Waals surface area (Å²) in [7, 11) is 0. The van der Waals surface area contributed by atoms with Crippen molar-refractivity contribution in [2.75, 3.05) is 17.2 Å².